The molecule has 3 heteroatoms. The second kappa shape index (κ2) is 6.53. The van der Waals surface area contributed by atoms with Crippen molar-refractivity contribution in [1.82, 2.24) is 0 Å². The Morgan fingerprint density at radius 2 is 1.86 bits per heavy atom. The number of aryl methyl sites for hydroxylation is 1. The van der Waals surface area contributed by atoms with Gasteiger partial charge in [-0.2, -0.15) is 0 Å². The van der Waals surface area contributed by atoms with Gasteiger partial charge in [0.15, 0.2) is 0 Å². The van der Waals surface area contributed by atoms with Gasteiger partial charge in [-0.05, 0) is 67.5 Å². The average Bonchev–Trinajstić information content (AvgIpc) is 2.47. The summed E-state index contributed by atoms with van der Waals surface area (Å²) in [5.74, 6) is 0. The molecular formula is C18H19Br2N. The number of benzene rings is 2. The second-order valence-corrected chi connectivity index (χ2v) is 7.45. The van der Waals surface area contributed by atoms with E-state index < -0.39 is 0 Å². The van der Waals surface area contributed by atoms with Gasteiger partial charge in [0, 0.05) is 20.7 Å². The molecule has 0 saturated heterocycles. The van der Waals surface area contributed by atoms with Crippen LogP contribution in [-0.2, 0) is 12.8 Å². The number of nitrogens with one attached hydrogen (secondary N) is 1. The Bertz CT molecular complexity index is 652. The number of halogens is 2. The fourth-order valence-corrected chi connectivity index (χ4v) is 4.47. The van der Waals surface area contributed by atoms with Crippen molar-refractivity contribution >= 4 is 37.5 Å². The van der Waals surface area contributed by atoms with Crippen molar-refractivity contribution < 1.29 is 0 Å². The Balaban J connectivity index is 1.86. The minimum atomic E-state index is 0.279. The van der Waals surface area contributed by atoms with E-state index in [1.807, 2.05) is 0 Å². The fraction of sp³-hybridized carbons (Fsp3) is 0.333. The normalized spacial score (nSPS) is 15.4. The Morgan fingerprint density at radius 3 is 2.67 bits per heavy atom. The Hall–Kier alpha value is -0.800. The zero-order valence-electron chi connectivity index (χ0n) is 12.1. The fourth-order valence-electron chi connectivity index (χ4n) is 3.08. The van der Waals surface area contributed by atoms with Crippen LogP contribution in [0.15, 0.2) is 45.3 Å². The second-order valence-electron chi connectivity index (χ2n) is 5.68. The minimum Gasteiger partial charge on any atom is -0.378 e. The van der Waals surface area contributed by atoms with Crippen LogP contribution < -0.4 is 5.32 Å². The van der Waals surface area contributed by atoms with E-state index in [1.165, 1.54) is 48.1 Å². The van der Waals surface area contributed by atoms with Crippen molar-refractivity contribution in [1.29, 1.82) is 0 Å². The SMILES string of the molecule is CC(Nc1cccc2c1CCCC2)c1ccc(Br)cc1Br. The molecule has 0 amide bonds. The highest BCUT2D eigenvalue weighted by molar-refractivity contribution is 9.11. The molecule has 0 saturated carbocycles. The highest BCUT2D eigenvalue weighted by Crippen LogP contribution is 2.33. The maximum atomic E-state index is 3.70. The lowest BCUT2D eigenvalue weighted by Crippen LogP contribution is -2.12. The van der Waals surface area contributed by atoms with E-state index in [2.05, 4.69) is 80.5 Å². The first-order chi connectivity index (χ1) is 10.1. The van der Waals surface area contributed by atoms with E-state index in [4.69, 9.17) is 0 Å². The molecule has 1 aliphatic carbocycles. The minimum absolute atomic E-state index is 0.279. The highest BCUT2D eigenvalue weighted by atomic mass is 79.9. The van der Waals surface area contributed by atoms with Crippen LogP contribution in [0.2, 0.25) is 0 Å². The lowest BCUT2D eigenvalue weighted by atomic mass is 9.90. The van der Waals surface area contributed by atoms with Gasteiger partial charge in [0.2, 0.25) is 0 Å². The highest BCUT2D eigenvalue weighted by Gasteiger charge is 2.15. The first-order valence-electron chi connectivity index (χ1n) is 7.47. The summed E-state index contributed by atoms with van der Waals surface area (Å²) in [4.78, 5) is 0. The summed E-state index contributed by atoms with van der Waals surface area (Å²) < 4.78 is 2.24. The van der Waals surface area contributed by atoms with E-state index in [-0.39, 0.29) is 6.04 Å². The molecule has 0 radical (unpaired) electrons. The van der Waals surface area contributed by atoms with Crippen LogP contribution in [0.1, 0.15) is 42.5 Å². The predicted molar refractivity (Wildman–Crippen MR) is 97.0 cm³/mol. The summed E-state index contributed by atoms with van der Waals surface area (Å²) in [6.45, 7) is 2.22. The smallest absolute Gasteiger partial charge is 0.0496 e. The van der Waals surface area contributed by atoms with E-state index in [9.17, 15) is 0 Å². The molecule has 0 fully saturated rings. The summed E-state index contributed by atoms with van der Waals surface area (Å²) >= 11 is 7.18. The molecule has 1 unspecified atom stereocenters. The van der Waals surface area contributed by atoms with Crippen LogP contribution in [0.25, 0.3) is 0 Å². The van der Waals surface area contributed by atoms with E-state index in [0.29, 0.717) is 0 Å². The summed E-state index contributed by atoms with van der Waals surface area (Å²) in [6, 6.07) is 13.3. The van der Waals surface area contributed by atoms with Gasteiger partial charge in [0.1, 0.15) is 0 Å². The molecule has 2 aromatic rings. The van der Waals surface area contributed by atoms with E-state index in [1.54, 1.807) is 0 Å². The van der Waals surface area contributed by atoms with Crippen LogP contribution in [0.4, 0.5) is 5.69 Å². The van der Waals surface area contributed by atoms with Crippen molar-refractivity contribution in [2.45, 2.75) is 38.6 Å². The van der Waals surface area contributed by atoms with Crippen LogP contribution in [0.3, 0.4) is 0 Å². The number of hydrogen-bond acceptors (Lipinski definition) is 1. The lowest BCUT2D eigenvalue weighted by Gasteiger charge is -2.23. The summed E-state index contributed by atoms with van der Waals surface area (Å²) in [6.07, 6.45) is 5.06. The van der Waals surface area contributed by atoms with Gasteiger partial charge in [-0.15, -0.1) is 0 Å². The zero-order chi connectivity index (χ0) is 14.8. The molecule has 0 heterocycles. The van der Waals surface area contributed by atoms with Crippen LogP contribution in [-0.4, -0.2) is 0 Å². The zero-order valence-corrected chi connectivity index (χ0v) is 15.3. The van der Waals surface area contributed by atoms with Gasteiger partial charge in [0.25, 0.3) is 0 Å². The summed E-state index contributed by atoms with van der Waals surface area (Å²) in [7, 11) is 0. The Labute approximate surface area is 143 Å². The molecule has 0 aliphatic heterocycles. The topological polar surface area (TPSA) is 12.0 Å². The van der Waals surface area contributed by atoms with Gasteiger partial charge in [-0.3, -0.25) is 0 Å². The number of hydrogen-bond donors (Lipinski definition) is 1. The lowest BCUT2D eigenvalue weighted by molar-refractivity contribution is 0.685. The third-order valence-corrected chi connectivity index (χ3v) is 5.38. The van der Waals surface area contributed by atoms with Crippen LogP contribution in [0, 0.1) is 0 Å². The molecule has 1 aliphatic rings. The quantitative estimate of drug-likeness (QED) is 0.631. The summed E-state index contributed by atoms with van der Waals surface area (Å²) in [5, 5.41) is 3.70. The standard InChI is InChI=1S/C18H19Br2N/c1-12(15-10-9-14(19)11-17(15)20)21-18-8-4-6-13-5-2-3-7-16(13)18/h4,6,8-12,21H,2-3,5,7H2,1H3. The first kappa shape index (κ1) is 15.1. The molecule has 1 atom stereocenters. The molecule has 0 bridgehead atoms. The molecule has 1 N–H and O–H groups in total. The monoisotopic (exact) mass is 407 g/mol. The predicted octanol–water partition coefficient (Wildman–Crippen LogP) is 6.26. The largest absolute Gasteiger partial charge is 0.378 e. The van der Waals surface area contributed by atoms with Crippen molar-refractivity contribution in [3.05, 3.63) is 62.0 Å². The van der Waals surface area contributed by atoms with Crippen molar-refractivity contribution in [2.24, 2.45) is 0 Å². The molecule has 0 spiro atoms. The third-order valence-electron chi connectivity index (χ3n) is 4.20. The molecular weight excluding hydrogens is 390 g/mol. The van der Waals surface area contributed by atoms with Gasteiger partial charge in [0.05, 0.1) is 0 Å². The molecule has 1 nitrogen and oxygen atoms in total. The van der Waals surface area contributed by atoms with Gasteiger partial charge in [-0.25, -0.2) is 0 Å². The van der Waals surface area contributed by atoms with Crippen molar-refractivity contribution in [3.8, 4) is 0 Å². The maximum Gasteiger partial charge on any atom is 0.0496 e. The molecule has 3 rings (SSSR count). The average molecular weight is 409 g/mol. The van der Waals surface area contributed by atoms with E-state index >= 15 is 0 Å². The molecule has 21 heavy (non-hydrogen) atoms. The number of anilines is 1. The van der Waals surface area contributed by atoms with Gasteiger partial charge in [-0.1, -0.05) is 50.1 Å². The Kier molecular flexibility index (Phi) is 4.70. The summed E-state index contributed by atoms with van der Waals surface area (Å²) in [5.41, 5.74) is 5.62. The third kappa shape index (κ3) is 3.35. The number of rotatable bonds is 3. The Morgan fingerprint density at radius 1 is 1.05 bits per heavy atom. The van der Waals surface area contributed by atoms with Gasteiger partial charge >= 0.3 is 0 Å². The van der Waals surface area contributed by atoms with Crippen LogP contribution in [0.5, 0.6) is 0 Å². The first-order valence-corrected chi connectivity index (χ1v) is 9.06. The van der Waals surface area contributed by atoms with Crippen LogP contribution >= 0.6 is 31.9 Å². The maximum absolute atomic E-state index is 3.70. The number of fused-ring (bicyclic) bond motifs is 1. The van der Waals surface area contributed by atoms with Crippen molar-refractivity contribution in [2.75, 3.05) is 5.32 Å². The molecule has 2 aromatic carbocycles. The van der Waals surface area contributed by atoms with Crippen molar-refractivity contribution in [3.63, 3.8) is 0 Å². The molecule has 0 aromatic heterocycles. The van der Waals surface area contributed by atoms with E-state index in [0.717, 1.165) is 8.95 Å². The molecule has 110 valence electrons. The van der Waals surface area contributed by atoms with Gasteiger partial charge < -0.3 is 5.32 Å².